The lowest BCUT2D eigenvalue weighted by molar-refractivity contribution is -0.136. The number of hydrogen-bond acceptors (Lipinski definition) is 4. The van der Waals surface area contributed by atoms with E-state index in [1.54, 1.807) is 14.2 Å². The van der Waals surface area contributed by atoms with Crippen molar-refractivity contribution in [1.29, 1.82) is 0 Å². The normalized spacial score (nSPS) is 10.7. The third-order valence-corrected chi connectivity index (χ3v) is 4.19. The molecule has 0 fully saturated rings. The van der Waals surface area contributed by atoms with Gasteiger partial charge in [-0.25, -0.2) is 0 Å². The van der Waals surface area contributed by atoms with Crippen molar-refractivity contribution in [2.24, 2.45) is 0 Å². The molecule has 2 aromatic carbocycles. The predicted molar refractivity (Wildman–Crippen MR) is 99.3 cm³/mol. The highest BCUT2D eigenvalue weighted by Crippen LogP contribution is 2.37. The Hall–Kier alpha value is -3.15. The second kappa shape index (κ2) is 7.39. The minimum atomic E-state index is -0.895. The minimum absolute atomic E-state index is 0.0987. The summed E-state index contributed by atoms with van der Waals surface area (Å²) in [4.78, 5) is 14.8. The van der Waals surface area contributed by atoms with Gasteiger partial charge in [-0.3, -0.25) is 4.79 Å². The fourth-order valence-corrected chi connectivity index (χ4v) is 3.04. The number of aromatic amines is 1. The molecule has 3 aromatic rings. The van der Waals surface area contributed by atoms with Gasteiger partial charge < -0.3 is 24.3 Å². The summed E-state index contributed by atoms with van der Waals surface area (Å²) in [7, 11) is 3.17. The van der Waals surface area contributed by atoms with Gasteiger partial charge in [-0.1, -0.05) is 0 Å². The molecule has 0 atom stereocenters. The van der Waals surface area contributed by atoms with Crippen LogP contribution in [0, 0.1) is 0 Å². The number of benzene rings is 2. The van der Waals surface area contributed by atoms with Gasteiger partial charge in [0.15, 0.2) is 11.5 Å². The van der Waals surface area contributed by atoms with Gasteiger partial charge in [0.1, 0.15) is 5.75 Å². The molecule has 0 radical (unpaired) electrons. The molecule has 26 heavy (non-hydrogen) atoms. The largest absolute Gasteiger partial charge is 0.497 e. The molecular weight excluding hydrogens is 334 g/mol. The van der Waals surface area contributed by atoms with E-state index in [0.717, 1.165) is 22.2 Å². The molecule has 0 saturated heterocycles. The van der Waals surface area contributed by atoms with Crippen LogP contribution in [-0.2, 0) is 11.2 Å². The molecule has 0 unspecified atom stereocenters. The average molecular weight is 355 g/mol. The zero-order valence-electron chi connectivity index (χ0n) is 15.0. The highest BCUT2D eigenvalue weighted by atomic mass is 16.5. The number of aromatic nitrogens is 1. The van der Waals surface area contributed by atoms with Crippen molar-refractivity contribution in [3.63, 3.8) is 0 Å². The molecule has 2 N–H and O–H groups in total. The molecule has 0 amide bonds. The lowest BCUT2D eigenvalue weighted by Crippen LogP contribution is -2.01. The number of aliphatic carboxylic acids is 1. The summed E-state index contributed by atoms with van der Waals surface area (Å²) in [5, 5.41) is 10.2. The predicted octanol–water partition coefficient (Wildman–Crippen LogP) is 3.88. The average Bonchev–Trinajstić information content (AvgIpc) is 2.99. The SMILES string of the molecule is CCOc1cc(-c2[nH]c3ccc(OC)cc3c2CC(=O)O)ccc1OC. The van der Waals surface area contributed by atoms with E-state index >= 15 is 0 Å². The summed E-state index contributed by atoms with van der Waals surface area (Å²) in [5.74, 6) is 1.03. The quantitative estimate of drug-likeness (QED) is 0.672. The molecule has 1 heterocycles. The van der Waals surface area contributed by atoms with Crippen molar-refractivity contribution in [2.45, 2.75) is 13.3 Å². The maximum atomic E-state index is 11.4. The number of rotatable bonds is 7. The van der Waals surface area contributed by atoms with E-state index in [0.29, 0.717) is 29.4 Å². The van der Waals surface area contributed by atoms with Gasteiger partial charge in [-0.15, -0.1) is 0 Å². The number of fused-ring (bicyclic) bond motifs is 1. The van der Waals surface area contributed by atoms with E-state index in [2.05, 4.69) is 4.98 Å². The fraction of sp³-hybridized carbons (Fsp3) is 0.250. The Bertz CT molecular complexity index is 945. The molecule has 0 aliphatic heterocycles. The van der Waals surface area contributed by atoms with E-state index in [1.807, 2.05) is 43.3 Å². The summed E-state index contributed by atoms with van der Waals surface area (Å²) in [5.41, 5.74) is 3.14. The first-order valence-corrected chi connectivity index (χ1v) is 8.29. The third-order valence-electron chi connectivity index (χ3n) is 4.19. The molecule has 0 aliphatic carbocycles. The molecule has 3 rings (SSSR count). The topological polar surface area (TPSA) is 80.8 Å². The highest BCUT2D eigenvalue weighted by molar-refractivity contribution is 5.94. The van der Waals surface area contributed by atoms with E-state index in [-0.39, 0.29) is 6.42 Å². The van der Waals surface area contributed by atoms with Gasteiger partial charge >= 0.3 is 5.97 Å². The van der Waals surface area contributed by atoms with Gasteiger partial charge in [-0.05, 0) is 48.9 Å². The third kappa shape index (κ3) is 3.31. The number of carboxylic acids is 1. The lowest BCUT2D eigenvalue weighted by atomic mass is 10.0. The molecule has 0 bridgehead atoms. The van der Waals surface area contributed by atoms with Crippen molar-refractivity contribution in [1.82, 2.24) is 4.98 Å². The monoisotopic (exact) mass is 355 g/mol. The molecular formula is C20H21NO5. The molecule has 0 saturated carbocycles. The highest BCUT2D eigenvalue weighted by Gasteiger charge is 2.18. The molecule has 6 heteroatoms. The summed E-state index contributed by atoms with van der Waals surface area (Å²) in [6.45, 7) is 2.41. The Morgan fingerprint density at radius 2 is 1.88 bits per heavy atom. The Morgan fingerprint density at radius 3 is 2.54 bits per heavy atom. The number of nitrogens with one attached hydrogen (secondary N) is 1. The van der Waals surface area contributed by atoms with Crippen LogP contribution in [0.4, 0.5) is 0 Å². The summed E-state index contributed by atoms with van der Waals surface area (Å²) in [6.07, 6.45) is -0.0987. The molecule has 0 spiro atoms. The zero-order chi connectivity index (χ0) is 18.7. The first kappa shape index (κ1) is 17.7. The first-order chi connectivity index (χ1) is 12.6. The molecule has 6 nitrogen and oxygen atoms in total. The fourth-order valence-electron chi connectivity index (χ4n) is 3.04. The minimum Gasteiger partial charge on any atom is -0.497 e. The van der Waals surface area contributed by atoms with Crippen molar-refractivity contribution in [2.75, 3.05) is 20.8 Å². The zero-order valence-corrected chi connectivity index (χ0v) is 15.0. The maximum Gasteiger partial charge on any atom is 0.307 e. The second-order valence-electron chi connectivity index (χ2n) is 5.76. The van der Waals surface area contributed by atoms with Crippen LogP contribution in [0.1, 0.15) is 12.5 Å². The second-order valence-corrected chi connectivity index (χ2v) is 5.76. The van der Waals surface area contributed by atoms with Crippen LogP contribution in [0.15, 0.2) is 36.4 Å². The van der Waals surface area contributed by atoms with Gasteiger partial charge in [0.2, 0.25) is 0 Å². The number of ether oxygens (including phenoxy) is 3. The van der Waals surface area contributed by atoms with Crippen LogP contribution < -0.4 is 14.2 Å². The maximum absolute atomic E-state index is 11.4. The van der Waals surface area contributed by atoms with Gasteiger partial charge in [0.05, 0.1) is 32.9 Å². The van der Waals surface area contributed by atoms with Crippen LogP contribution in [0.25, 0.3) is 22.2 Å². The Morgan fingerprint density at radius 1 is 1.08 bits per heavy atom. The summed E-state index contributed by atoms with van der Waals surface area (Å²) >= 11 is 0. The Labute approximate surface area is 151 Å². The van der Waals surface area contributed by atoms with E-state index in [1.165, 1.54) is 0 Å². The number of carboxylic acid groups (broad SMARTS) is 1. The Kier molecular flexibility index (Phi) is 5.02. The van der Waals surface area contributed by atoms with Crippen molar-refractivity contribution >= 4 is 16.9 Å². The van der Waals surface area contributed by atoms with Crippen molar-refractivity contribution in [3.05, 3.63) is 42.0 Å². The summed E-state index contributed by atoms with van der Waals surface area (Å²) < 4.78 is 16.3. The number of hydrogen-bond donors (Lipinski definition) is 2. The lowest BCUT2D eigenvalue weighted by Gasteiger charge is -2.11. The Balaban J connectivity index is 2.20. The standard InChI is InChI=1S/C20H21NO5/c1-4-26-18-9-12(5-8-17(18)25-3)20-15(11-19(22)23)14-10-13(24-2)6-7-16(14)21-20/h5-10,21H,4,11H2,1-3H3,(H,22,23). The van der Waals surface area contributed by atoms with Gasteiger partial charge in [0.25, 0.3) is 0 Å². The van der Waals surface area contributed by atoms with E-state index in [4.69, 9.17) is 14.2 Å². The van der Waals surface area contributed by atoms with Crippen LogP contribution in [0.5, 0.6) is 17.2 Å². The van der Waals surface area contributed by atoms with Crippen LogP contribution in [0.3, 0.4) is 0 Å². The number of methoxy groups -OCH3 is 2. The smallest absolute Gasteiger partial charge is 0.307 e. The molecule has 1 aromatic heterocycles. The van der Waals surface area contributed by atoms with Crippen LogP contribution in [-0.4, -0.2) is 36.9 Å². The number of H-pyrrole nitrogens is 1. The van der Waals surface area contributed by atoms with E-state index < -0.39 is 5.97 Å². The number of carbonyl (C=O) groups is 1. The summed E-state index contributed by atoms with van der Waals surface area (Å²) in [6, 6.07) is 11.1. The molecule has 136 valence electrons. The first-order valence-electron chi connectivity index (χ1n) is 8.29. The van der Waals surface area contributed by atoms with Crippen LogP contribution >= 0.6 is 0 Å². The van der Waals surface area contributed by atoms with Gasteiger partial charge in [0, 0.05) is 16.5 Å². The van der Waals surface area contributed by atoms with Crippen LogP contribution in [0.2, 0.25) is 0 Å². The van der Waals surface area contributed by atoms with Gasteiger partial charge in [-0.2, -0.15) is 0 Å². The van der Waals surface area contributed by atoms with E-state index in [9.17, 15) is 9.90 Å². The van der Waals surface area contributed by atoms with Crippen molar-refractivity contribution in [3.8, 4) is 28.5 Å². The van der Waals surface area contributed by atoms with Crippen molar-refractivity contribution < 1.29 is 24.1 Å². The molecule has 0 aliphatic rings.